The molecule has 1 fully saturated rings. The molecule has 1 saturated heterocycles. The minimum Gasteiger partial charge on any atom is -0.497 e. The summed E-state index contributed by atoms with van der Waals surface area (Å²) in [4.78, 5) is 14.1. The molecule has 2 N–H and O–H groups in total. The van der Waals surface area contributed by atoms with E-state index in [1.807, 2.05) is 30.3 Å². The lowest BCUT2D eigenvalue weighted by atomic mass is 10.0. The van der Waals surface area contributed by atoms with Gasteiger partial charge in [-0.25, -0.2) is 0 Å². The molecule has 28 heavy (non-hydrogen) atoms. The topological polar surface area (TPSA) is 52.0 Å². The van der Waals surface area contributed by atoms with Crippen molar-refractivity contribution >= 4 is 11.6 Å². The number of nitrogens with one attached hydrogen (secondary N) is 2. The Morgan fingerprint density at radius 2 is 1.96 bits per heavy atom. The number of carbonyl (C=O) groups is 1. The molecule has 1 amide bonds. The van der Waals surface area contributed by atoms with Gasteiger partial charge in [0.25, 0.3) is 5.91 Å². The van der Waals surface area contributed by atoms with E-state index in [4.69, 9.17) is 9.47 Å². The van der Waals surface area contributed by atoms with Crippen LogP contribution in [0.2, 0.25) is 0 Å². The molecular formula is C23H31N2O3+. The van der Waals surface area contributed by atoms with Crippen molar-refractivity contribution in [3.05, 3.63) is 53.6 Å². The molecule has 0 saturated carbocycles. The second-order valence-electron chi connectivity index (χ2n) is 7.68. The fraction of sp³-hybridized carbons (Fsp3) is 0.435. The van der Waals surface area contributed by atoms with E-state index in [1.54, 1.807) is 14.2 Å². The fourth-order valence-corrected chi connectivity index (χ4v) is 4.12. The van der Waals surface area contributed by atoms with Gasteiger partial charge in [0, 0.05) is 24.6 Å². The molecule has 1 aliphatic heterocycles. The summed E-state index contributed by atoms with van der Waals surface area (Å²) in [5.74, 6) is 2.03. The number of benzene rings is 2. The molecule has 1 aliphatic rings. The first-order valence-corrected chi connectivity index (χ1v) is 9.98. The number of methoxy groups -OCH3 is 2. The van der Waals surface area contributed by atoms with Gasteiger partial charge in [0.05, 0.1) is 26.3 Å². The van der Waals surface area contributed by atoms with Gasteiger partial charge in [0.15, 0.2) is 6.54 Å². The molecule has 2 aromatic carbocycles. The Labute approximate surface area is 167 Å². The maximum Gasteiger partial charge on any atom is 0.279 e. The number of carbonyl (C=O) groups excluding carboxylic acids is 1. The predicted molar refractivity (Wildman–Crippen MR) is 111 cm³/mol. The van der Waals surface area contributed by atoms with Crippen LogP contribution < -0.4 is 19.7 Å². The third-order valence-corrected chi connectivity index (χ3v) is 5.54. The summed E-state index contributed by atoms with van der Waals surface area (Å²) >= 11 is 0. The largest absolute Gasteiger partial charge is 0.497 e. The molecule has 5 heteroatoms. The van der Waals surface area contributed by atoms with Gasteiger partial charge < -0.3 is 19.7 Å². The lowest BCUT2D eigenvalue weighted by molar-refractivity contribution is -0.910. The van der Waals surface area contributed by atoms with E-state index >= 15 is 0 Å². The van der Waals surface area contributed by atoms with Gasteiger partial charge in [-0.15, -0.1) is 0 Å². The van der Waals surface area contributed by atoms with Crippen molar-refractivity contribution in [2.75, 3.05) is 32.6 Å². The van der Waals surface area contributed by atoms with Crippen LogP contribution >= 0.6 is 0 Å². The highest BCUT2D eigenvalue weighted by atomic mass is 16.5. The SMILES string of the molecule is COc1ccc([C@@H]2CCC[NH+]2CC(=O)Nc2ccccc2C(C)C)c(OC)c1. The lowest BCUT2D eigenvalue weighted by Gasteiger charge is -2.23. The van der Waals surface area contributed by atoms with E-state index in [9.17, 15) is 4.79 Å². The van der Waals surface area contributed by atoms with Gasteiger partial charge in [0.1, 0.15) is 17.5 Å². The zero-order valence-electron chi connectivity index (χ0n) is 17.2. The number of amides is 1. The number of rotatable bonds is 7. The summed E-state index contributed by atoms with van der Waals surface area (Å²) in [6.45, 7) is 5.72. The van der Waals surface area contributed by atoms with Crippen molar-refractivity contribution in [3.63, 3.8) is 0 Å². The van der Waals surface area contributed by atoms with Crippen LogP contribution in [0.5, 0.6) is 11.5 Å². The predicted octanol–water partition coefficient (Wildman–Crippen LogP) is 3.19. The first-order valence-electron chi connectivity index (χ1n) is 9.98. The van der Waals surface area contributed by atoms with Crippen LogP contribution in [0.3, 0.4) is 0 Å². The van der Waals surface area contributed by atoms with Crippen LogP contribution in [0.1, 0.15) is 49.8 Å². The average Bonchev–Trinajstić information content (AvgIpc) is 3.15. The quantitative estimate of drug-likeness (QED) is 0.772. The Kier molecular flexibility index (Phi) is 6.57. The summed E-state index contributed by atoms with van der Waals surface area (Å²) in [6, 6.07) is 14.3. The summed E-state index contributed by atoms with van der Waals surface area (Å²) in [7, 11) is 3.34. The summed E-state index contributed by atoms with van der Waals surface area (Å²) < 4.78 is 10.9. The number of quaternary nitrogens is 1. The zero-order valence-corrected chi connectivity index (χ0v) is 17.2. The molecule has 150 valence electrons. The number of para-hydroxylation sites is 1. The van der Waals surface area contributed by atoms with Crippen molar-refractivity contribution in [3.8, 4) is 11.5 Å². The average molecular weight is 384 g/mol. The molecule has 0 bridgehead atoms. The Hall–Kier alpha value is -2.53. The minimum absolute atomic E-state index is 0.0579. The van der Waals surface area contributed by atoms with E-state index < -0.39 is 0 Å². The van der Waals surface area contributed by atoms with Gasteiger partial charge in [-0.05, 0) is 29.7 Å². The van der Waals surface area contributed by atoms with Crippen molar-refractivity contribution < 1.29 is 19.2 Å². The lowest BCUT2D eigenvalue weighted by Crippen LogP contribution is -3.11. The van der Waals surface area contributed by atoms with Gasteiger partial charge in [-0.2, -0.15) is 0 Å². The van der Waals surface area contributed by atoms with Crippen LogP contribution in [-0.2, 0) is 4.79 Å². The van der Waals surface area contributed by atoms with Crippen LogP contribution in [-0.4, -0.2) is 33.2 Å². The van der Waals surface area contributed by atoms with Crippen molar-refractivity contribution in [1.82, 2.24) is 0 Å². The summed E-state index contributed by atoms with van der Waals surface area (Å²) in [6.07, 6.45) is 2.15. The maximum atomic E-state index is 12.8. The van der Waals surface area contributed by atoms with E-state index in [2.05, 4.69) is 31.3 Å². The van der Waals surface area contributed by atoms with Crippen LogP contribution in [0.4, 0.5) is 5.69 Å². The molecule has 5 nitrogen and oxygen atoms in total. The maximum absolute atomic E-state index is 12.8. The van der Waals surface area contributed by atoms with Crippen molar-refractivity contribution in [2.45, 2.75) is 38.6 Å². The Morgan fingerprint density at radius 3 is 2.68 bits per heavy atom. The van der Waals surface area contributed by atoms with E-state index in [0.717, 1.165) is 42.1 Å². The molecule has 0 aliphatic carbocycles. The summed E-state index contributed by atoms with van der Waals surface area (Å²) in [5, 5.41) is 3.13. The molecule has 0 spiro atoms. The van der Waals surface area contributed by atoms with Gasteiger partial charge >= 0.3 is 0 Å². The third kappa shape index (κ3) is 4.47. The van der Waals surface area contributed by atoms with Gasteiger partial charge in [0.2, 0.25) is 0 Å². The van der Waals surface area contributed by atoms with Gasteiger partial charge in [-0.1, -0.05) is 32.0 Å². The minimum atomic E-state index is 0.0579. The molecule has 1 unspecified atom stereocenters. The number of ether oxygens (including phenoxy) is 2. The van der Waals surface area contributed by atoms with Crippen LogP contribution in [0, 0.1) is 0 Å². The highest BCUT2D eigenvalue weighted by molar-refractivity contribution is 5.92. The first kappa shape index (κ1) is 20.2. The van der Waals surface area contributed by atoms with Crippen molar-refractivity contribution in [1.29, 1.82) is 0 Å². The summed E-state index contributed by atoms with van der Waals surface area (Å²) in [5.41, 5.74) is 3.23. The fourth-order valence-electron chi connectivity index (χ4n) is 4.12. The van der Waals surface area contributed by atoms with E-state index in [0.29, 0.717) is 12.5 Å². The molecule has 3 rings (SSSR count). The van der Waals surface area contributed by atoms with Crippen LogP contribution in [0.15, 0.2) is 42.5 Å². The normalized spacial score (nSPS) is 18.9. The Morgan fingerprint density at radius 1 is 1.18 bits per heavy atom. The first-order chi connectivity index (χ1) is 13.5. The molecule has 2 atom stereocenters. The molecule has 1 heterocycles. The Balaban J connectivity index is 1.73. The monoisotopic (exact) mass is 383 g/mol. The molecule has 0 radical (unpaired) electrons. The molecular weight excluding hydrogens is 352 g/mol. The van der Waals surface area contributed by atoms with Crippen LogP contribution in [0.25, 0.3) is 0 Å². The van der Waals surface area contributed by atoms with Crippen molar-refractivity contribution in [2.24, 2.45) is 0 Å². The number of anilines is 1. The highest BCUT2D eigenvalue weighted by Gasteiger charge is 2.33. The highest BCUT2D eigenvalue weighted by Crippen LogP contribution is 2.31. The Bertz CT molecular complexity index is 819. The third-order valence-electron chi connectivity index (χ3n) is 5.54. The number of hydrogen-bond acceptors (Lipinski definition) is 3. The van der Waals surface area contributed by atoms with E-state index in [1.165, 1.54) is 10.5 Å². The zero-order chi connectivity index (χ0) is 20.1. The molecule has 2 aromatic rings. The van der Waals surface area contributed by atoms with E-state index in [-0.39, 0.29) is 11.9 Å². The second-order valence-corrected chi connectivity index (χ2v) is 7.68. The number of likely N-dealkylation sites (tertiary alicyclic amines) is 1. The van der Waals surface area contributed by atoms with Gasteiger partial charge in [-0.3, -0.25) is 4.79 Å². The molecule has 0 aromatic heterocycles. The number of hydrogen-bond donors (Lipinski definition) is 2. The smallest absolute Gasteiger partial charge is 0.279 e. The second kappa shape index (κ2) is 9.11. The standard InChI is InChI=1S/C23H30N2O3/c1-16(2)18-8-5-6-9-20(18)24-23(26)15-25-13-7-10-21(25)19-12-11-17(27-3)14-22(19)28-4/h5-6,8-9,11-12,14,16,21H,7,10,13,15H2,1-4H3,(H,24,26)/p+1/t21-/m0/s1.